The van der Waals surface area contributed by atoms with Crippen molar-refractivity contribution >= 4 is 46.0 Å². The zero-order valence-corrected chi connectivity index (χ0v) is 16.4. The Morgan fingerprint density at radius 1 is 1.41 bits per heavy atom. The molecule has 0 atom stereocenters. The summed E-state index contributed by atoms with van der Waals surface area (Å²) in [4.78, 5) is 20.4. The lowest BCUT2D eigenvalue weighted by molar-refractivity contribution is 0.194. The number of anilines is 2. The third-order valence-electron chi connectivity index (χ3n) is 4.25. The van der Waals surface area contributed by atoms with Gasteiger partial charge in [-0.2, -0.15) is 9.61 Å². The molecule has 1 aliphatic carbocycles. The summed E-state index contributed by atoms with van der Waals surface area (Å²) in [6.07, 6.45) is 9.53. The van der Waals surface area contributed by atoms with Crippen LogP contribution in [0.5, 0.6) is 0 Å². The molecule has 142 valence electrons. The van der Waals surface area contributed by atoms with Crippen LogP contribution in [0.2, 0.25) is 0 Å². The van der Waals surface area contributed by atoms with Crippen LogP contribution in [-0.2, 0) is 4.74 Å². The van der Waals surface area contributed by atoms with Crippen molar-refractivity contribution in [2.24, 2.45) is 4.99 Å². The quantitative estimate of drug-likeness (QED) is 0.397. The summed E-state index contributed by atoms with van der Waals surface area (Å²) >= 11 is 3.44. The summed E-state index contributed by atoms with van der Waals surface area (Å²) in [5, 5.41) is 10.4. The Hall–Kier alpha value is -2.68. The summed E-state index contributed by atoms with van der Waals surface area (Å²) in [6.45, 7) is 6.90. The van der Waals surface area contributed by atoms with Crippen molar-refractivity contribution in [2.75, 3.05) is 10.6 Å². The van der Waals surface area contributed by atoms with Crippen molar-refractivity contribution in [2.45, 2.75) is 38.1 Å². The van der Waals surface area contributed by atoms with E-state index in [0.29, 0.717) is 23.3 Å². The van der Waals surface area contributed by atoms with Crippen molar-refractivity contribution in [3.05, 3.63) is 41.4 Å². The highest BCUT2D eigenvalue weighted by atomic mass is 79.9. The maximum atomic E-state index is 12.2. The van der Waals surface area contributed by atoms with Crippen LogP contribution in [-0.4, -0.2) is 33.5 Å². The van der Waals surface area contributed by atoms with Crippen LogP contribution in [0.15, 0.2) is 46.3 Å². The molecule has 2 N–H and O–H groups in total. The maximum absolute atomic E-state index is 12.2. The number of ether oxygens (including phenoxy) is 1. The molecular weight excluding hydrogens is 412 g/mol. The molecule has 2 heterocycles. The van der Waals surface area contributed by atoms with Gasteiger partial charge in [-0.1, -0.05) is 25.8 Å². The number of carbonyl (C=O) groups excluding carboxylic acids is 1. The SMILES string of the molecule is C=C/C(=C\N=C)OC(=O)Nc1cc(NC2CCCCC2)nc2c(Br)cnn12. The molecule has 1 aliphatic rings. The standard InChI is InChI=1S/C18H21BrN6O2/c1-3-13(10-20-2)27-18(26)24-16-9-15(22-12-7-5-4-6-8-12)23-17-14(19)11-21-25(16)17/h3,9-12H,1-2,4-8H2,(H,22,23)(H,24,26)/b13-10+. The third kappa shape index (κ3) is 4.73. The van der Waals surface area contributed by atoms with E-state index in [2.05, 4.69) is 54.9 Å². The summed E-state index contributed by atoms with van der Waals surface area (Å²) in [5.41, 5.74) is 0.596. The van der Waals surface area contributed by atoms with Gasteiger partial charge in [0.15, 0.2) is 5.65 Å². The van der Waals surface area contributed by atoms with Gasteiger partial charge in [-0.15, -0.1) is 0 Å². The first-order valence-electron chi connectivity index (χ1n) is 8.69. The van der Waals surface area contributed by atoms with Gasteiger partial charge in [0, 0.05) is 12.1 Å². The largest absolute Gasteiger partial charge is 0.418 e. The Balaban J connectivity index is 1.84. The first-order valence-corrected chi connectivity index (χ1v) is 9.48. The number of aliphatic imine (C=N–C) groups is 1. The van der Waals surface area contributed by atoms with Crippen LogP contribution in [0, 0.1) is 0 Å². The molecule has 0 aromatic carbocycles. The Labute approximate surface area is 165 Å². The number of halogens is 1. The smallest absolute Gasteiger partial charge is 0.408 e. The number of amides is 1. The number of fused-ring (bicyclic) bond motifs is 1. The number of aromatic nitrogens is 3. The van der Waals surface area contributed by atoms with E-state index in [-0.39, 0.29) is 5.76 Å². The van der Waals surface area contributed by atoms with E-state index in [1.54, 1.807) is 12.3 Å². The number of rotatable bonds is 6. The molecule has 1 saturated carbocycles. The van der Waals surface area contributed by atoms with Gasteiger partial charge in [0.25, 0.3) is 0 Å². The summed E-state index contributed by atoms with van der Waals surface area (Å²) in [7, 11) is 0. The number of carbonyl (C=O) groups is 1. The molecule has 2 aromatic rings. The van der Waals surface area contributed by atoms with E-state index in [1.807, 2.05) is 0 Å². The van der Waals surface area contributed by atoms with E-state index < -0.39 is 6.09 Å². The van der Waals surface area contributed by atoms with Crippen LogP contribution in [0.1, 0.15) is 32.1 Å². The van der Waals surface area contributed by atoms with E-state index in [4.69, 9.17) is 4.74 Å². The van der Waals surface area contributed by atoms with Gasteiger partial charge in [-0.25, -0.2) is 9.78 Å². The fourth-order valence-electron chi connectivity index (χ4n) is 3.00. The molecule has 3 rings (SSSR count). The second kappa shape index (κ2) is 8.81. The Bertz CT molecular complexity index is 885. The maximum Gasteiger partial charge on any atom is 0.418 e. The Morgan fingerprint density at radius 3 is 2.89 bits per heavy atom. The van der Waals surface area contributed by atoms with Crippen molar-refractivity contribution in [3.8, 4) is 0 Å². The normalized spacial score (nSPS) is 15.4. The highest BCUT2D eigenvalue weighted by Gasteiger charge is 2.17. The lowest BCUT2D eigenvalue weighted by Gasteiger charge is -2.23. The summed E-state index contributed by atoms with van der Waals surface area (Å²) < 4.78 is 7.41. The average molecular weight is 433 g/mol. The van der Waals surface area contributed by atoms with Crippen LogP contribution in [0.4, 0.5) is 16.4 Å². The molecule has 0 bridgehead atoms. The number of hydrogen-bond acceptors (Lipinski definition) is 6. The summed E-state index contributed by atoms with van der Waals surface area (Å²) in [5.74, 6) is 1.30. The first kappa shape index (κ1) is 19.1. The zero-order valence-electron chi connectivity index (χ0n) is 14.8. The predicted molar refractivity (Wildman–Crippen MR) is 109 cm³/mol. The van der Waals surface area contributed by atoms with Crippen LogP contribution in [0.25, 0.3) is 5.65 Å². The van der Waals surface area contributed by atoms with Gasteiger partial charge in [0.05, 0.1) is 16.9 Å². The van der Waals surface area contributed by atoms with Crippen molar-refractivity contribution in [1.82, 2.24) is 14.6 Å². The highest BCUT2D eigenvalue weighted by molar-refractivity contribution is 9.10. The van der Waals surface area contributed by atoms with Crippen molar-refractivity contribution in [3.63, 3.8) is 0 Å². The number of nitrogens with one attached hydrogen (secondary N) is 2. The lowest BCUT2D eigenvalue weighted by atomic mass is 9.95. The topological polar surface area (TPSA) is 92.9 Å². The van der Waals surface area contributed by atoms with E-state index in [0.717, 1.165) is 17.3 Å². The van der Waals surface area contributed by atoms with Crippen LogP contribution < -0.4 is 10.6 Å². The number of nitrogens with zero attached hydrogens (tertiary/aromatic N) is 4. The fourth-order valence-corrected chi connectivity index (χ4v) is 3.35. The average Bonchev–Trinajstić information content (AvgIpc) is 3.03. The van der Waals surface area contributed by atoms with E-state index >= 15 is 0 Å². The second-order valence-electron chi connectivity index (χ2n) is 6.17. The fraction of sp³-hybridized carbons (Fsp3) is 0.333. The minimum atomic E-state index is -0.687. The third-order valence-corrected chi connectivity index (χ3v) is 4.81. The highest BCUT2D eigenvalue weighted by Crippen LogP contribution is 2.25. The van der Waals surface area contributed by atoms with Gasteiger partial charge in [-0.05, 0) is 41.6 Å². The first-order chi connectivity index (χ1) is 13.1. The van der Waals surface area contributed by atoms with Crippen molar-refractivity contribution in [1.29, 1.82) is 0 Å². The Kier molecular flexibility index (Phi) is 6.23. The second-order valence-corrected chi connectivity index (χ2v) is 7.02. The number of allylic oxidation sites excluding steroid dienone is 1. The molecular formula is C18H21BrN6O2. The van der Waals surface area contributed by atoms with Gasteiger partial charge in [0.1, 0.15) is 17.4 Å². The number of hydrogen-bond donors (Lipinski definition) is 2. The zero-order chi connectivity index (χ0) is 19.2. The molecule has 27 heavy (non-hydrogen) atoms. The molecule has 0 radical (unpaired) electrons. The Morgan fingerprint density at radius 2 is 2.19 bits per heavy atom. The minimum absolute atomic E-state index is 0.190. The summed E-state index contributed by atoms with van der Waals surface area (Å²) in [6, 6.07) is 2.12. The van der Waals surface area contributed by atoms with Crippen molar-refractivity contribution < 1.29 is 9.53 Å². The van der Waals surface area contributed by atoms with Gasteiger partial charge in [0.2, 0.25) is 0 Å². The van der Waals surface area contributed by atoms with Gasteiger partial charge < -0.3 is 10.1 Å². The van der Waals surface area contributed by atoms with E-state index in [1.165, 1.54) is 36.1 Å². The van der Waals surface area contributed by atoms with Crippen LogP contribution in [0.3, 0.4) is 0 Å². The molecule has 9 heteroatoms. The molecule has 1 amide bonds. The molecule has 0 spiro atoms. The molecule has 0 saturated heterocycles. The lowest BCUT2D eigenvalue weighted by Crippen LogP contribution is -2.23. The molecule has 0 unspecified atom stereocenters. The molecule has 0 aliphatic heterocycles. The van der Waals surface area contributed by atoms with Gasteiger partial charge in [-0.3, -0.25) is 10.3 Å². The minimum Gasteiger partial charge on any atom is -0.408 e. The van der Waals surface area contributed by atoms with Crippen LogP contribution >= 0.6 is 15.9 Å². The monoisotopic (exact) mass is 432 g/mol. The molecule has 1 fully saturated rings. The predicted octanol–water partition coefficient (Wildman–Crippen LogP) is 4.51. The molecule has 8 nitrogen and oxygen atoms in total. The van der Waals surface area contributed by atoms with Gasteiger partial charge >= 0.3 is 6.09 Å². The van der Waals surface area contributed by atoms with E-state index in [9.17, 15) is 4.79 Å². The molecule has 2 aromatic heterocycles.